The number of halogens is 1. The summed E-state index contributed by atoms with van der Waals surface area (Å²) in [5.41, 5.74) is -2.14. The Hall–Kier alpha value is -2.00. The summed E-state index contributed by atoms with van der Waals surface area (Å²) in [6, 6.07) is -0.797. The zero-order chi connectivity index (χ0) is 17.0. The summed E-state index contributed by atoms with van der Waals surface area (Å²) in [6.07, 6.45) is 3.00. The molecule has 1 fully saturated rings. The summed E-state index contributed by atoms with van der Waals surface area (Å²) in [5.74, 6) is -1.13. The summed E-state index contributed by atoms with van der Waals surface area (Å²) in [5, 5.41) is 2.57. The first kappa shape index (κ1) is 17.4. The number of aromatic nitrogens is 2. The van der Waals surface area contributed by atoms with Gasteiger partial charge in [0.05, 0.1) is 18.4 Å². The molecule has 3 unspecified atom stereocenters. The molecule has 0 saturated heterocycles. The van der Waals surface area contributed by atoms with Gasteiger partial charge < -0.3 is 14.8 Å². The van der Waals surface area contributed by atoms with Crippen molar-refractivity contribution in [3.05, 3.63) is 32.9 Å². The summed E-state index contributed by atoms with van der Waals surface area (Å²) in [7, 11) is 3.25. The monoisotopic (exact) mass is 329 g/mol. The molecule has 0 spiro atoms. The number of nitrogens with one attached hydrogen (secondary N) is 2. The van der Waals surface area contributed by atoms with E-state index in [1.807, 2.05) is 0 Å². The maximum atomic E-state index is 13.2. The molecule has 1 heterocycles. The topological polar surface area (TPSA) is 102 Å². The minimum atomic E-state index is -1.20. The highest BCUT2D eigenvalue weighted by Crippen LogP contribution is 2.27. The van der Waals surface area contributed by atoms with Crippen LogP contribution in [-0.2, 0) is 9.47 Å². The third kappa shape index (κ3) is 4.05. The van der Waals surface area contributed by atoms with Crippen LogP contribution in [-0.4, -0.2) is 48.6 Å². The zero-order valence-electron chi connectivity index (χ0n) is 13.0. The van der Waals surface area contributed by atoms with Gasteiger partial charge in [-0.1, -0.05) is 0 Å². The molecule has 0 radical (unpaired) electrons. The first-order valence-electron chi connectivity index (χ1n) is 7.31. The normalized spacial score (nSPS) is 24.4. The smallest absolute Gasteiger partial charge is 0.336 e. The first-order valence-corrected chi connectivity index (χ1v) is 7.31. The van der Waals surface area contributed by atoms with Gasteiger partial charge in [-0.3, -0.25) is 9.78 Å². The van der Waals surface area contributed by atoms with Crippen LogP contribution in [0.1, 0.15) is 19.3 Å². The number of ether oxygens (including phenoxy) is 2. The molecule has 8 nitrogen and oxygen atoms in total. The highest BCUT2D eigenvalue weighted by Gasteiger charge is 2.31. The van der Waals surface area contributed by atoms with Gasteiger partial charge in [0.15, 0.2) is 0 Å². The summed E-state index contributed by atoms with van der Waals surface area (Å²) in [6.45, 7) is 0.279. The molecule has 1 aliphatic carbocycles. The highest BCUT2D eigenvalue weighted by atomic mass is 19.1. The van der Waals surface area contributed by atoms with Gasteiger partial charge in [-0.25, -0.2) is 14.2 Å². The SMILES string of the molecule is COC1CCC(CNC(=O)n2cc(F)c(=O)[nH]c2=O)C(OC)C1. The van der Waals surface area contributed by atoms with Crippen molar-refractivity contribution < 1.29 is 18.7 Å². The molecule has 1 amide bonds. The van der Waals surface area contributed by atoms with Crippen molar-refractivity contribution in [2.75, 3.05) is 20.8 Å². The van der Waals surface area contributed by atoms with Crippen LogP contribution in [0.25, 0.3) is 0 Å². The van der Waals surface area contributed by atoms with Gasteiger partial charge in [-0.05, 0) is 12.8 Å². The lowest BCUT2D eigenvalue weighted by Crippen LogP contribution is -2.45. The Bertz CT molecular complexity index is 671. The molecule has 9 heteroatoms. The van der Waals surface area contributed by atoms with Gasteiger partial charge in [-0.2, -0.15) is 4.39 Å². The van der Waals surface area contributed by atoms with Gasteiger partial charge in [-0.15, -0.1) is 0 Å². The molecule has 3 atom stereocenters. The number of H-pyrrole nitrogens is 1. The predicted molar refractivity (Wildman–Crippen MR) is 79.0 cm³/mol. The van der Waals surface area contributed by atoms with Crippen LogP contribution in [0.15, 0.2) is 15.8 Å². The molecule has 1 saturated carbocycles. The number of hydrogen-bond acceptors (Lipinski definition) is 5. The second-order valence-electron chi connectivity index (χ2n) is 5.50. The van der Waals surface area contributed by atoms with Gasteiger partial charge in [0.25, 0.3) is 5.56 Å². The molecule has 128 valence electrons. The number of hydrogen-bond donors (Lipinski definition) is 2. The van der Waals surface area contributed by atoms with E-state index in [1.54, 1.807) is 19.2 Å². The van der Waals surface area contributed by atoms with E-state index < -0.39 is 23.1 Å². The van der Waals surface area contributed by atoms with Gasteiger partial charge >= 0.3 is 11.7 Å². The molecule has 1 aromatic heterocycles. The minimum absolute atomic E-state index is 0.0682. The Labute approximate surface area is 131 Å². The fourth-order valence-corrected chi connectivity index (χ4v) is 2.79. The number of rotatable bonds is 4. The Morgan fingerprint density at radius 3 is 2.78 bits per heavy atom. The predicted octanol–water partition coefficient (Wildman–Crippen LogP) is 0.0635. The summed E-state index contributed by atoms with van der Waals surface area (Å²) >= 11 is 0. The van der Waals surface area contributed by atoms with Crippen LogP contribution in [0, 0.1) is 11.7 Å². The van der Waals surface area contributed by atoms with Gasteiger partial charge in [0, 0.05) is 33.1 Å². The van der Waals surface area contributed by atoms with E-state index in [4.69, 9.17) is 9.47 Å². The quantitative estimate of drug-likeness (QED) is 0.813. The first-order chi connectivity index (χ1) is 11.0. The number of aromatic amines is 1. The Morgan fingerprint density at radius 1 is 1.39 bits per heavy atom. The lowest BCUT2D eigenvalue weighted by Gasteiger charge is -2.34. The Kier molecular flexibility index (Phi) is 5.67. The standard InChI is InChI=1S/C14H20FN3O5/c1-22-9-4-3-8(11(5-9)23-2)6-16-13(20)18-7-10(15)12(19)17-14(18)21/h7-9,11H,3-6H2,1-2H3,(H,16,20)(H,17,19,21). The largest absolute Gasteiger partial charge is 0.381 e. The third-order valence-corrected chi connectivity index (χ3v) is 4.15. The minimum Gasteiger partial charge on any atom is -0.381 e. The molecule has 2 N–H and O–H groups in total. The number of methoxy groups -OCH3 is 2. The average molecular weight is 329 g/mol. The maximum Gasteiger partial charge on any atom is 0.336 e. The molecule has 23 heavy (non-hydrogen) atoms. The highest BCUT2D eigenvalue weighted by molar-refractivity contribution is 5.76. The van der Waals surface area contributed by atoms with Crippen molar-refractivity contribution in [1.82, 2.24) is 14.9 Å². The Morgan fingerprint density at radius 2 is 2.13 bits per heavy atom. The number of amides is 1. The van der Waals surface area contributed by atoms with E-state index in [1.165, 1.54) is 0 Å². The zero-order valence-corrected chi connectivity index (χ0v) is 13.0. The van der Waals surface area contributed by atoms with E-state index in [0.717, 1.165) is 19.3 Å². The molecule has 0 aliphatic heterocycles. The number of carbonyl (C=O) groups excluding carboxylic acids is 1. The van der Waals surface area contributed by atoms with Crippen molar-refractivity contribution in [3.8, 4) is 0 Å². The van der Waals surface area contributed by atoms with Crippen molar-refractivity contribution >= 4 is 6.03 Å². The van der Waals surface area contributed by atoms with E-state index in [-0.39, 0.29) is 24.7 Å². The second-order valence-corrected chi connectivity index (χ2v) is 5.50. The lowest BCUT2D eigenvalue weighted by molar-refractivity contribution is -0.0398. The van der Waals surface area contributed by atoms with Crippen LogP contribution in [0.3, 0.4) is 0 Å². The molecular formula is C14H20FN3O5. The van der Waals surface area contributed by atoms with Crippen LogP contribution in [0.5, 0.6) is 0 Å². The van der Waals surface area contributed by atoms with Crippen LogP contribution in [0.2, 0.25) is 0 Å². The molecular weight excluding hydrogens is 309 g/mol. The molecule has 0 bridgehead atoms. The van der Waals surface area contributed by atoms with E-state index >= 15 is 0 Å². The average Bonchev–Trinajstić information content (AvgIpc) is 2.55. The molecule has 1 aliphatic rings. The van der Waals surface area contributed by atoms with E-state index in [0.29, 0.717) is 10.8 Å². The Balaban J connectivity index is 2.00. The molecule has 1 aromatic rings. The number of nitrogens with zero attached hydrogens (tertiary/aromatic N) is 1. The second kappa shape index (κ2) is 7.51. The van der Waals surface area contributed by atoms with Crippen LogP contribution >= 0.6 is 0 Å². The maximum absolute atomic E-state index is 13.2. The summed E-state index contributed by atoms with van der Waals surface area (Å²) in [4.78, 5) is 36.2. The van der Waals surface area contributed by atoms with E-state index in [2.05, 4.69) is 5.32 Å². The van der Waals surface area contributed by atoms with Crippen molar-refractivity contribution in [2.45, 2.75) is 31.5 Å². The van der Waals surface area contributed by atoms with Crippen molar-refractivity contribution in [1.29, 1.82) is 0 Å². The van der Waals surface area contributed by atoms with E-state index in [9.17, 15) is 18.8 Å². The molecule has 2 rings (SSSR count). The molecule has 0 aromatic carbocycles. The fourth-order valence-electron chi connectivity index (χ4n) is 2.79. The van der Waals surface area contributed by atoms with Crippen LogP contribution < -0.4 is 16.6 Å². The number of carbonyl (C=O) groups is 1. The lowest BCUT2D eigenvalue weighted by atomic mass is 9.84. The fraction of sp³-hybridized carbons (Fsp3) is 0.643. The van der Waals surface area contributed by atoms with Crippen molar-refractivity contribution in [2.24, 2.45) is 5.92 Å². The summed E-state index contributed by atoms with van der Waals surface area (Å²) < 4.78 is 24.4. The van der Waals surface area contributed by atoms with Gasteiger partial charge in [0.2, 0.25) is 5.82 Å². The van der Waals surface area contributed by atoms with Gasteiger partial charge in [0.1, 0.15) is 0 Å². The van der Waals surface area contributed by atoms with Crippen molar-refractivity contribution in [3.63, 3.8) is 0 Å². The third-order valence-electron chi connectivity index (χ3n) is 4.15. The van der Waals surface area contributed by atoms with Crippen LogP contribution in [0.4, 0.5) is 9.18 Å².